The maximum absolute atomic E-state index is 12.8. The van der Waals surface area contributed by atoms with Crippen LogP contribution in [0, 0.1) is 58.2 Å². The van der Waals surface area contributed by atoms with Gasteiger partial charge in [-0.25, -0.2) is 19.0 Å². The number of nitrogens with zero attached hydrogens (tertiary/aromatic N) is 8. The first-order valence-electron chi connectivity index (χ1n) is 24.9. The Bertz CT molecular complexity index is 2920. The van der Waals surface area contributed by atoms with Crippen LogP contribution in [-0.4, -0.2) is 132 Å². The highest BCUT2D eigenvalue weighted by molar-refractivity contribution is 7.79. The number of anilines is 2. The third-order valence-electron chi connectivity index (χ3n) is 11.3. The Labute approximate surface area is 445 Å². The Morgan fingerprint density at radius 3 is 1.17 bits per heavy atom. The Morgan fingerprint density at radius 2 is 0.896 bits per heavy atom. The van der Waals surface area contributed by atoms with E-state index in [1.165, 1.54) is 21.2 Å². The minimum absolute atomic E-state index is 0.00828. The average Bonchev–Trinajstić information content (AvgIpc) is 4.07. The van der Waals surface area contributed by atoms with Crippen LogP contribution in [-0.2, 0) is 88.3 Å². The Kier molecular flexibility index (Phi) is 19.4. The second-order valence-electron chi connectivity index (χ2n) is 19.3. The number of esters is 6. The lowest BCUT2D eigenvalue weighted by molar-refractivity contribution is -0.174. The summed E-state index contributed by atoms with van der Waals surface area (Å²) in [4.78, 5) is 83.1. The van der Waals surface area contributed by atoms with Crippen LogP contribution in [0.15, 0.2) is 36.9 Å². The molecule has 0 bridgehead atoms. The number of hydrogen-bond acceptors (Lipinski definition) is 24. The standard InChI is InChI=1S/2C24H31N5O7.H2O4S/c2*1-12(2)21(30)33-9-16-18(34-22(31)13(3)4)19(35-23(32)14(5)6)24(10-25,36-16)17-8-7-15-20(26)27-11-28-29(15)17;1-5(2,3)4/h2*7-8,11-14,16,18-19H,9H2,1-6H3,(H2,26,27,28);(H2,1,2,3,4)/t2*16-,18+,19+,24-;/m00./s1/i2*7D;. The predicted molar refractivity (Wildman–Crippen MR) is 264 cm³/mol. The van der Waals surface area contributed by atoms with Gasteiger partial charge in [-0.3, -0.25) is 37.9 Å². The molecule has 6 N–H and O–H groups in total. The first kappa shape index (κ1) is 58.7. The van der Waals surface area contributed by atoms with Gasteiger partial charge in [-0.1, -0.05) is 83.1 Å². The molecule has 0 unspecified atom stereocenters. The molecule has 0 aromatic carbocycles. The van der Waals surface area contributed by atoms with Gasteiger partial charge < -0.3 is 49.4 Å². The van der Waals surface area contributed by atoms with E-state index in [9.17, 15) is 39.3 Å². The molecule has 2 saturated heterocycles. The molecule has 77 heavy (non-hydrogen) atoms. The topological polar surface area (TPSA) is 411 Å². The van der Waals surface area contributed by atoms with Crippen molar-refractivity contribution in [3.63, 3.8) is 0 Å². The average molecular weight is 1100 g/mol. The van der Waals surface area contributed by atoms with E-state index in [-0.39, 0.29) is 59.4 Å². The molecule has 4 aromatic rings. The van der Waals surface area contributed by atoms with Crippen molar-refractivity contribution in [3.05, 3.63) is 48.3 Å². The van der Waals surface area contributed by atoms with Crippen molar-refractivity contribution >= 4 is 68.9 Å². The second kappa shape index (κ2) is 25.5. The molecule has 0 amide bonds. The molecule has 0 aliphatic carbocycles. The monoisotopic (exact) mass is 1100 g/mol. The number of nitriles is 2. The molecule has 0 spiro atoms. The van der Waals surface area contributed by atoms with Crippen LogP contribution in [0.1, 0.15) is 97.2 Å². The fraction of sp³-hybridized carbons (Fsp3) is 0.583. The van der Waals surface area contributed by atoms with Gasteiger partial charge in [0.05, 0.1) is 49.6 Å². The van der Waals surface area contributed by atoms with E-state index in [1.807, 2.05) is 12.1 Å². The summed E-state index contributed by atoms with van der Waals surface area (Å²) < 4.78 is 96.6. The summed E-state index contributed by atoms with van der Waals surface area (Å²) in [5.74, 6) is -6.94. The Balaban J connectivity index is 0.000000313. The van der Waals surface area contributed by atoms with Crippen molar-refractivity contribution in [2.45, 2.75) is 131 Å². The lowest BCUT2D eigenvalue weighted by Crippen LogP contribution is -2.47. The van der Waals surface area contributed by atoms with Gasteiger partial charge in [-0.2, -0.15) is 29.1 Å². The van der Waals surface area contributed by atoms with Gasteiger partial charge >= 0.3 is 46.2 Å². The molecule has 28 nitrogen and oxygen atoms in total. The molecule has 2 fully saturated rings. The molecule has 2 aliphatic heterocycles. The van der Waals surface area contributed by atoms with E-state index in [2.05, 4.69) is 20.2 Å². The number of nitrogen functional groups attached to an aromatic ring is 2. The fourth-order valence-electron chi connectivity index (χ4n) is 7.16. The molecule has 0 saturated carbocycles. The first-order valence-corrected chi connectivity index (χ1v) is 25.3. The van der Waals surface area contributed by atoms with Gasteiger partial charge in [-0.05, 0) is 24.2 Å². The maximum Gasteiger partial charge on any atom is 0.394 e. The van der Waals surface area contributed by atoms with Gasteiger partial charge in [0, 0.05) is 0 Å². The number of carbonyl (C=O) groups is 6. The van der Waals surface area contributed by atoms with Crippen molar-refractivity contribution in [2.24, 2.45) is 35.5 Å². The summed E-state index contributed by atoms with van der Waals surface area (Å²) in [5, 5.41) is 29.3. The molecule has 2 aliphatic rings. The normalized spacial score (nSPS) is 23.3. The molecular formula is C48H64N10O18S. The summed E-state index contributed by atoms with van der Waals surface area (Å²) in [7, 11) is -4.67. The Morgan fingerprint density at radius 1 is 0.610 bits per heavy atom. The maximum atomic E-state index is 12.8. The number of hydrogen-bond donors (Lipinski definition) is 4. The summed E-state index contributed by atoms with van der Waals surface area (Å²) in [5.41, 5.74) is 7.90. The van der Waals surface area contributed by atoms with E-state index in [1.54, 1.807) is 83.1 Å². The molecular weight excluding hydrogens is 1040 g/mol. The van der Waals surface area contributed by atoms with Gasteiger partial charge in [0.1, 0.15) is 61.2 Å². The Hall–Kier alpha value is -7.57. The molecule has 6 heterocycles. The minimum Gasteiger partial charge on any atom is -0.463 e. The van der Waals surface area contributed by atoms with E-state index >= 15 is 0 Å². The van der Waals surface area contributed by atoms with Gasteiger partial charge in [0.15, 0.2) is 36.1 Å². The highest BCUT2D eigenvalue weighted by atomic mass is 32.3. The van der Waals surface area contributed by atoms with Gasteiger partial charge in [0.25, 0.3) is 0 Å². The lowest BCUT2D eigenvalue weighted by Gasteiger charge is -2.29. The number of aromatic nitrogens is 6. The minimum atomic E-state index is -4.67. The predicted octanol–water partition coefficient (Wildman–Crippen LogP) is 2.88. The van der Waals surface area contributed by atoms with Crippen LogP contribution in [0.3, 0.4) is 0 Å². The van der Waals surface area contributed by atoms with Crippen molar-refractivity contribution in [2.75, 3.05) is 24.7 Å². The van der Waals surface area contributed by atoms with Crippen molar-refractivity contribution < 1.29 is 86.9 Å². The molecule has 4 aromatic heterocycles. The van der Waals surface area contributed by atoms with Crippen LogP contribution in [0.5, 0.6) is 0 Å². The van der Waals surface area contributed by atoms with Crippen LogP contribution in [0.2, 0.25) is 0 Å². The van der Waals surface area contributed by atoms with Crippen molar-refractivity contribution in [1.29, 1.82) is 10.5 Å². The number of ether oxygens (including phenoxy) is 8. The van der Waals surface area contributed by atoms with Crippen LogP contribution in [0.4, 0.5) is 11.6 Å². The zero-order chi connectivity index (χ0) is 59.8. The first-order chi connectivity index (χ1) is 36.7. The number of rotatable bonds is 16. The summed E-state index contributed by atoms with van der Waals surface area (Å²) >= 11 is 0. The SMILES string of the molecule is O=S(=O)(O)O.[2H]c1cc([C@]2(C#N)O[C@@H](COC(=O)C(C)C)[C@@H](OC(=O)C(C)C)[C@H]2OC(=O)C(C)C)n2ncnc(N)c12.[2H]c1cc([C@]2(C#N)O[C@@H](COC(=O)C(C)C)[C@@H](OC(=O)C(C)C)[C@H]2OC(=O)C(C)C)n2ncnc(N)c12. The van der Waals surface area contributed by atoms with Crippen molar-refractivity contribution in [3.8, 4) is 12.1 Å². The second-order valence-corrected chi connectivity index (χ2v) is 20.2. The third kappa shape index (κ3) is 14.5. The van der Waals surface area contributed by atoms with E-state index in [4.69, 9.17) is 69.6 Å². The zero-order valence-corrected chi connectivity index (χ0v) is 45.0. The van der Waals surface area contributed by atoms with Crippen molar-refractivity contribution in [1.82, 2.24) is 29.2 Å². The number of nitrogens with two attached hydrogens (primary N) is 2. The summed E-state index contributed by atoms with van der Waals surface area (Å²) in [6.45, 7) is 18.7. The summed E-state index contributed by atoms with van der Waals surface area (Å²) in [6.07, 6.45) is -5.73. The van der Waals surface area contributed by atoms with E-state index in [0.29, 0.717) is 0 Å². The highest BCUT2D eigenvalue weighted by Crippen LogP contribution is 2.46. The van der Waals surface area contributed by atoms with Crippen LogP contribution < -0.4 is 11.5 Å². The lowest BCUT2D eigenvalue weighted by atomic mass is 9.91. The largest absolute Gasteiger partial charge is 0.463 e. The zero-order valence-electron chi connectivity index (χ0n) is 46.2. The quantitative estimate of drug-likeness (QED) is 0.0711. The molecule has 29 heteroatoms. The molecule has 8 atom stereocenters. The number of fused-ring (bicyclic) bond motifs is 2. The van der Waals surface area contributed by atoms with Crippen LogP contribution >= 0.6 is 0 Å². The van der Waals surface area contributed by atoms with Crippen LogP contribution in [0.25, 0.3) is 11.0 Å². The van der Waals surface area contributed by atoms with Gasteiger partial charge in [0.2, 0.25) is 11.2 Å². The van der Waals surface area contributed by atoms with E-state index in [0.717, 1.165) is 12.7 Å². The number of carbonyl (C=O) groups excluding carboxylic acids is 6. The summed E-state index contributed by atoms with van der Waals surface area (Å²) in [6, 6.07) is 6.48. The fourth-order valence-corrected chi connectivity index (χ4v) is 7.16. The highest BCUT2D eigenvalue weighted by Gasteiger charge is 2.64. The van der Waals surface area contributed by atoms with Gasteiger partial charge in [-0.15, -0.1) is 0 Å². The molecule has 420 valence electrons. The third-order valence-corrected chi connectivity index (χ3v) is 11.3. The molecule has 0 radical (unpaired) electrons. The van der Waals surface area contributed by atoms with E-state index < -0.39 is 130 Å². The molecule has 6 rings (SSSR count). The smallest absolute Gasteiger partial charge is 0.394 e.